The van der Waals surface area contributed by atoms with E-state index in [1.807, 2.05) is 24.0 Å². The Kier molecular flexibility index (Phi) is 5.13. The molecule has 0 saturated carbocycles. The molecule has 0 bridgehead atoms. The normalized spacial score (nSPS) is 12.6. The second-order valence-electron chi connectivity index (χ2n) is 4.31. The van der Waals surface area contributed by atoms with Crippen LogP contribution in [0, 0.1) is 0 Å². The molecule has 1 unspecified atom stereocenters. The topological polar surface area (TPSA) is 42.7 Å². The molecule has 4 nitrogen and oxygen atoms in total. The predicted octanol–water partition coefficient (Wildman–Crippen LogP) is 3.52. The molecule has 102 valence electrons. The lowest BCUT2D eigenvalue weighted by Crippen LogP contribution is -2.21. The SMILES string of the molecule is CCCn1nncc1C(NC)c1cc(Br)cc(Br)c1. The summed E-state index contributed by atoms with van der Waals surface area (Å²) in [5.74, 6) is 0. The van der Waals surface area contributed by atoms with E-state index in [2.05, 4.69) is 66.5 Å². The summed E-state index contributed by atoms with van der Waals surface area (Å²) >= 11 is 7.05. The molecule has 0 radical (unpaired) electrons. The van der Waals surface area contributed by atoms with Gasteiger partial charge in [0, 0.05) is 15.5 Å². The van der Waals surface area contributed by atoms with Crippen molar-refractivity contribution in [2.24, 2.45) is 0 Å². The molecular weight excluding hydrogens is 372 g/mol. The molecule has 2 rings (SSSR count). The lowest BCUT2D eigenvalue weighted by molar-refractivity contribution is 0.523. The summed E-state index contributed by atoms with van der Waals surface area (Å²) in [5, 5.41) is 11.5. The minimum absolute atomic E-state index is 0.0790. The summed E-state index contributed by atoms with van der Waals surface area (Å²) < 4.78 is 4.05. The highest BCUT2D eigenvalue weighted by Gasteiger charge is 2.18. The van der Waals surface area contributed by atoms with Crippen molar-refractivity contribution in [1.82, 2.24) is 20.3 Å². The Morgan fingerprint density at radius 3 is 2.53 bits per heavy atom. The third kappa shape index (κ3) is 3.43. The number of aryl methyl sites for hydroxylation is 1. The van der Waals surface area contributed by atoms with Crippen molar-refractivity contribution in [3.05, 3.63) is 44.6 Å². The Bertz CT molecular complexity index is 533. The van der Waals surface area contributed by atoms with E-state index in [4.69, 9.17) is 0 Å². The van der Waals surface area contributed by atoms with E-state index < -0.39 is 0 Å². The third-order valence-electron chi connectivity index (χ3n) is 2.89. The van der Waals surface area contributed by atoms with Crippen molar-refractivity contribution >= 4 is 31.9 Å². The van der Waals surface area contributed by atoms with Gasteiger partial charge in [0.15, 0.2) is 0 Å². The Labute approximate surface area is 129 Å². The van der Waals surface area contributed by atoms with Gasteiger partial charge in [-0.3, -0.25) is 0 Å². The molecule has 1 atom stereocenters. The van der Waals surface area contributed by atoms with Crippen molar-refractivity contribution < 1.29 is 0 Å². The second kappa shape index (κ2) is 6.63. The zero-order valence-electron chi connectivity index (χ0n) is 10.9. The van der Waals surface area contributed by atoms with Gasteiger partial charge >= 0.3 is 0 Å². The van der Waals surface area contributed by atoms with Crippen LogP contribution in [-0.4, -0.2) is 22.0 Å². The van der Waals surface area contributed by atoms with E-state index in [1.54, 1.807) is 0 Å². The first-order valence-corrected chi connectivity index (χ1v) is 7.76. The van der Waals surface area contributed by atoms with Gasteiger partial charge in [0.05, 0.1) is 17.9 Å². The van der Waals surface area contributed by atoms with Crippen molar-refractivity contribution in [1.29, 1.82) is 0 Å². The van der Waals surface area contributed by atoms with Crippen molar-refractivity contribution in [2.45, 2.75) is 25.9 Å². The molecule has 0 saturated heterocycles. The number of hydrogen-bond donors (Lipinski definition) is 1. The molecule has 0 aliphatic rings. The number of halogens is 2. The molecule has 0 fully saturated rings. The molecule has 0 aliphatic carbocycles. The number of aromatic nitrogens is 3. The molecular formula is C13H16Br2N4. The lowest BCUT2D eigenvalue weighted by atomic mass is 10.0. The maximum absolute atomic E-state index is 4.15. The number of rotatable bonds is 5. The summed E-state index contributed by atoms with van der Waals surface area (Å²) in [4.78, 5) is 0. The zero-order valence-corrected chi connectivity index (χ0v) is 14.1. The molecule has 1 aromatic carbocycles. The number of nitrogens with one attached hydrogen (secondary N) is 1. The summed E-state index contributed by atoms with van der Waals surface area (Å²) in [5.41, 5.74) is 2.25. The van der Waals surface area contributed by atoms with Gasteiger partial charge in [-0.05, 0) is 37.2 Å². The molecule has 0 aliphatic heterocycles. The summed E-state index contributed by atoms with van der Waals surface area (Å²) in [6, 6.07) is 6.32. The highest BCUT2D eigenvalue weighted by molar-refractivity contribution is 9.11. The van der Waals surface area contributed by atoms with E-state index >= 15 is 0 Å². The van der Waals surface area contributed by atoms with Crippen LogP contribution in [0.2, 0.25) is 0 Å². The van der Waals surface area contributed by atoms with E-state index in [0.717, 1.165) is 27.6 Å². The molecule has 1 N–H and O–H groups in total. The monoisotopic (exact) mass is 386 g/mol. The first-order valence-electron chi connectivity index (χ1n) is 6.17. The lowest BCUT2D eigenvalue weighted by Gasteiger charge is -2.18. The van der Waals surface area contributed by atoms with Crippen LogP contribution in [0.25, 0.3) is 0 Å². The third-order valence-corrected chi connectivity index (χ3v) is 3.80. The van der Waals surface area contributed by atoms with Gasteiger partial charge in [0.1, 0.15) is 0 Å². The van der Waals surface area contributed by atoms with Crippen LogP contribution >= 0.6 is 31.9 Å². The van der Waals surface area contributed by atoms with Gasteiger partial charge in [0.2, 0.25) is 0 Å². The standard InChI is InChI=1S/C13H16Br2N4/c1-3-4-19-12(8-17-18-19)13(16-2)9-5-10(14)7-11(15)6-9/h5-8,13,16H,3-4H2,1-2H3. The highest BCUT2D eigenvalue weighted by Crippen LogP contribution is 2.27. The Hall–Kier alpha value is -0.720. The minimum atomic E-state index is 0.0790. The smallest absolute Gasteiger partial charge is 0.0801 e. The van der Waals surface area contributed by atoms with E-state index in [9.17, 15) is 0 Å². The van der Waals surface area contributed by atoms with Crippen LogP contribution < -0.4 is 5.32 Å². The Morgan fingerprint density at radius 1 is 1.26 bits per heavy atom. The number of nitrogens with zero attached hydrogens (tertiary/aromatic N) is 3. The average Bonchev–Trinajstić information content (AvgIpc) is 2.78. The highest BCUT2D eigenvalue weighted by atomic mass is 79.9. The van der Waals surface area contributed by atoms with Crippen molar-refractivity contribution in [3.8, 4) is 0 Å². The first-order chi connectivity index (χ1) is 9.15. The van der Waals surface area contributed by atoms with Gasteiger partial charge in [0.25, 0.3) is 0 Å². The summed E-state index contributed by atoms with van der Waals surface area (Å²) in [6.45, 7) is 3.01. The molecule has 6 heteroatoms. The molecule has 1 heterocycles. The van der Waals surface area contributed by atoms with Gasteiger partial charge in [-0.2, -0.15) is 0 Å². The van der Waals surface area contributed by atoms with Crippen LogP contribution in [0.15, 0.2) is 33.3 Å². The van der Waals surface area contributed by atoms with Crippen LogP contribution in [0.4, 0.5) is 0 Å². The van der Waals surface area contributed by atoms with E-state index in [-0.39, 0.29) is 6.04 Å². The average molecular weight is 388 g/mol. The summed E-state index contributed by atoms with van der Waals surface area (Å²) in [6.07, 6.45) is 2.86. The second-order valence-corrected chi connectivity index (χ2v) is 6.14. The minimum Gasteiger partial charge on any atom is -0.308 e. The number of hydrogen-bond acceptors (Lipinski definition) is 3. The Morgan fingerprint density at radius 2 is 1.95 bits per heavy atom. The molecule has 2 aromatic rings. The van der Waals surface area contributed by atoms with Crippen molar-refractivity contribution in [2.75, 3.05) is 7.05 Å². The maximum Gasteiger partial charge on any atom is 0.0801 e. The van der Waals surface area contributed by atoms with Gasteiger partial charge in [-0.15, -0.1) is 5.10 Å². The van der Waals surface area contributed by atoms with Gasteiger partial charge < -0.3 is 5.32 Å². The van der Waals surface area contributed by atoms with E-state index in [0.29, 0.717) is 0 Å². The molecule has 0 spiro atoms. The van der Waals surface area contributed by atoms with Crippen LogP contribution in [0.5, 0.6) is 0 Å². The fourth-order valence-electron chi connectivity index (χ4n) is 2.10. The van der Waals surface area contributed by atoms with Crippen LogP contribution in [0.3, 0.4) is 0 Å². The quantitative estimate of drug-likeness (QED) is 0.853. The zero-order chi connectivity index (χ0) is 13.8. The van der Waals surface area contributed by atoms with Crippen LogP contribution in [-0.2, 0) is 6.54 Å². The van der Waals surface area contributed by atoms with Crippen LogP contribution in [0.1, 0.15) is 30.6 Å². The maximum atomic E-state index is 4.15. The summed E-state index contributed by atoms with van der Waals surface area (Å²) in [7, 11) is 1.95. The fourth-order valence-corrected chi connectivity index (χ4v) is 3.43. The largest absolute Gasteiger partial charge is 0.308 e. The molecule has 19 heavy (non-hydrogen) atoms. The van der Waals surface area contributed by atoms with Gasteiger partial charge in [-0.25, -0.2) is 4.68 Å². The molecule has 0 amide bonds. The number of benzene rings is 1. The molecule has 1 aromatic heterocycles. The first kappa shape index (κ1) is 14.7. The van der Waals surface area contributed by atoms with Crippen molar-refractivity contribution in [3.63, 3.8) is 0 Å². The van der Waals surface area contributed by atoms with Gasteiger partial charge in [-0.1, -0.05) is 44.0 Å². The predicted molar refractivity (Wildman–Crippen MR) is 83.1 cm³/mol. The fraction of sp³-hybridized carbons (Fsp3) is 0.385. The van der Waals surface area contributed by atoms with E-state index in [1.165, 1.54) is 5.56 Å². The Balaban J connectivity index is 2.40.